The predicted molar refractivity (Wildman–Crippen MR) is 117 cm³/mol. The highest BCUT2D eigenvalue weighted by atomic mass is 16.2. The molecule has 2 aromatic carbocycles. The molecule has 3 nitrogen and oxygen atoms in total. The molecule has 1 saturated heterocycles. The first-order valence-corrected chi connectivity index (χ1v) is 10.8. The number of nitrogens with one attached hydrogen (secondary N) is 1. The molecule has 1 amide bonds. The molecular formula is C25H35N2O+. The topological polar surface area (TPSA) is 29.1 Å². The van der Waals surface area contributed by atoms with E-state index in [1.807, 2.05) is 0 Å². The summed E-state index contributed by atoms with van der Waals surface area (Å²) in [4.78, 5) is 13.2. The van der Waals surface area contributed by atoms with Gasteiger partial charge in [-0.2, -0.15) is 0 Å². The molecule has 1 heterocycles. The van der Waals surface area contributed by atoms with Crippen LogP contribution in [-0.4, -0.2) is 30.0 Å². The Morgan fingerprint density at radius 2 is 1.64 bits per heavy atom. The first-order valence-electron chi connectivity index (χ1n) is 10.8. The Bertz CT molecular complexity index is 774. The average molecular weight is 380 g/mol. The Labute approximate surface area is 170 Å². The maximum Gasteiger partial charge on any atom is 0.279 e. The van der Waals surface area contributed by atoms with E-state index in [9.17, 15) is 4.79 Å². The Morgan fingerprint density at radius 1 is 0.964 bits per heavy atom. The minimum Gasteiger partial charge on any atom is -0.321 e. The third-order valence-electron chi connectivity index (χ3n) is 6.05. The SMILES string of the molecule is Cc1cccc(C(C)C)c1NC(=O)C[N+]1(Cc2ccccc2)CCCCCC1. The number of hydrogen-bond acceptors (Lipinski definition) is 1. The lowest BCUT2D eigenvalue weighted by Crippen LogP contribution is -2.52. The lowest BCUT2D eigenvalue weighted by Gasteiger charge is -2.37. The summed E-state index contributed by atoms with van der Waals surface area (Å²) in [5, 5.41) is 3.28. The minimum absolute atomic E-state index is 0.147. The third-order valence-corrected chi connectivity index (χ3v) is 6.05. The molecule has 0 aromatic heterocycles. The van der Waals surface area contributed by atoms with Crippen molar-refractivity contribution in [2.24, 2.45) is 0 Å². The molecule has 0 saturated carbocycles. The maximum absolute atomic E-state index is 13.2. The summed E-state index contributed by atoms with van der Waals surface area (Å²) in [6.45, 7) is 10.1. The molecule has 3 heteroatoms. The van der Waals surface area contributed by atoms with Gasteiger partial charge in [0.25, 0.3) is 5.91 Å². The number of hydrogen-bond donors (Lipinski definition) is 1. The zero-order valence-corrected chi connectivity index (χ0v) is 17.7. The lowest BCUT2D eigenvalue weighted by atomic mass is 9.98. The molecular weight excluding hydrogens is 344 g/mol. The van der Waals surface area contributed by atoms with E-state index in [1.165, 1.54) is 36.8 Å². The van der Waals surface area contributed by atoms with Gasteiger partial charge in [-0.3, -0.25) is 4.79 Å². The molecule has 0 atom stereocenters. The highest BCUT2D eigenvalue weighted by Crippen LogP contribution is 2.28. The highest BCUT2D eigenvalue weighted by molar-refractivity contribution is 5.93. The number of rotatable bonds is 6. The van der Waals surface area contributed by atoms with Gasteiger partial charge in [-0.05, 0) is 49.7 Å². The quantitative estimate of drug-likeness (QED) is 0.646. The van der Waals surface area contributed by atoms with E-state index in [0.717, 1.165) is 35.4 Å². The number of carbonyl (C=O) groups excluding carboxylic acids is 1. The second-order valence-corrected chi connectivity index (χ2v) is 8.75. The molecule has 150 valence electrons. The van der Waals surface area contributed by atoms with E-state index in [4.69, 9.17) is 0 Å². The number of quaternary nitrogens is 1. The molecule has 28 heavy (non-hydrogen) atoms. The molecule has 0 bridgehead atoms. The number of anilines is 1. The molecule has 2 aromatic rings. The van der Waals surface area contributed by atoms with E-state index in [2.05, 4.69) is 74.6 Å². The summed E-state index contributed by atoms with van der Waals surface area (Å²) < 4.78 is 0.874. The number of likely N-dealkylation sites (tertiary alicyclic amines) is 1. The number of aryl methyl sites for hydroxylation is 1. The molecule has 0 spiro atoms. The van der Waals surface area contributed by atoms with Gasteiger partial charge in [-0.15, -0.1) is 0 Å². The van der Waals surface area contributed by atoms with Crippen molar-refractivity contribution in [2.45, 2.75) is 58.9 Å². The summed E-state index contributed by atoms with van der Waals surface area (Å²) in [7, 11) is 0. The van der Waals surface area contributed by atoms with E-state index < -0.39 is 0 Å². The Balaban J connectivity index is 1.80. The second-order valence-electron chi connectivity index (χ2n) is 8.75. The van der Waals surface area contributed by atoms with Crippen LogP contribution < -0.4 is 5.32 Å². The van der Waals surface area contributed by atoms with Crippen LogP contribution in [0, 0.1) is 6.92 Å². The van der Waals surface area contributed by atoms with Crippen molar-refractivity contribution < 1.29 is 9.28 Å². The molecule has 1 N–H and O–H groups in total. The van der Waals surface area contributed by atoms with E-state index in [-0.39, 0.29) is 5.91 Å². The average Bonchev–Trinajstić information content (AvgIpc) is 2.89. The predicted octanol–water partition coefficient (Wildman–Crippen LogP) is 5.65. The highest BCUT2D eigenvalue weighted by Gasteiger charge is 2.32. The van der Waals surface area contributed by atoms with Crippen molar-refractivity contribution in [1.29, 1.82) is 0 Å². The molecule has 1 aliphatic heterocycles. The summed E-state index contributed by atoms with van der Waals surface area (Å²) in [6, 6.07) is 17.0. The minimum atomic E-state index is 0.147. The van der Waals surface area contributed by atoms with E-state index in [1.54, 1.807) is 0 Å². The van der Waals surface area contributed by atoms with Gasteiger partial charge in [0.1, 0.15) is 6.54 Å². The first-order chi connectivity index (χ1) is 13.5. The van der Waals surface area contributed by atoms with Crippen molar-refractivity contribution in [3.8, 4) is 0 Å². The van der Waals surface area contributed by atoms with Crippen molar-refractivity contribution in [2.75, 3.05) is 25.0 Å². The van der Waals surface area contributed by atoms with Crippen LogP contribution in [0.25, 0.3) is 0 Å². The Morgan fingerprint density at radius 3 is 2.29 bits per heavy atom. The van der Waals surface area contributed by atoms with Gasteiger partial charge < -0.3 is 9.80 Å². The maximum atomic E-state index is 13.2. The number of carbonyl (C=O) groups is 1. The van der Waals surface area contributed by atoms with Crippen LogP contribution in [-0.2, 0) is 11.3 Å². The van der Waals surface area contributed by atoms with Crippen molar-refractivity contribution in [3.63, 3.8) is 0 Å². The molecule has 0 unspecified atom stereocenters. The van der Waals surface area contributed by atoms with Gasteiger partial charge in [-0.25, -0.2) is 0 Å². The number of nitrogens with zero attached hydrogens (tertiary/aromatic N) is 1. The summed E-state index contributed by atoms with van der Waals surface area (Å²) in [6.07, 6.45) is 4.99. The van der Waals surface area contributed by atoms with Crippen LogP contribution in [0.2, 0.25) is 0 Å². The summed E-state index contributed by atoms with van der Waals surface area (Å²) >= 11 is 0. The standard InChI is InChI=1S/C25H34N2O/c1-20(2)23-15-11-12-21(3)25(23)26-24(28)19-27(16-9-4-5-10-17-27)18-22-13-7-6-8-14-22/h6-8,11-15,20H,4-5,9-10,16-19H2,1-3H3/p+1. The molecule has 3 rings (SSSR count). The number of para-hydroxylation sites is 1. The summed E-state index contributed by atoms with van der Waals surface area (Å²) in [5.41, 5.74) is 4.70. The van der Waals surface area contributed by atoms with Crippen LogP contribution in [0.5, 0.6) is 0 Å². The van der Waals surface area contributed by atoms with Gasteiger partial charge in [0.2, 0.25) is 0 Å². The fourth-order valence-corrected chi connectivity index (χ4v) is 4.53. The Kier molecular flexibility index (Phi) is 6.90. The van der Waals surface area contributed by atoms with Crippen LogP contribution in [0.4, 0.5) is 5.69 Å². The third kappa shape index (κ3) is 5.23. The van der Waals surface area contributed by atoms with Crippen molar-refractivity contribution in [3.05, 3.63) is 65.2 Å². The Hall–Kier alpha value is -2.13. The summed E-state index contributed by atoms with van der Waals surface area (Å²) in [5.74, 6) is 0.537. The fraction of sp³-hybridized carbons (Fsp3) is 0.480. The zero-order valence-electron chi connectivity index (χ0n) is 17.7. The normalized spacial score (nSPS) is 16.6. The fourth-order valence-electron chi connectivity index (χ4n) is 4.53. The van der Waals surface area contributed by atoms with Gasteiger partial charge in [-0.1, -0.05) is 62.4 Å². The zero-order chi connectivity index (χ0) is 20.0. The van der Waals surface area contributed by atoms with Crippen molar-refractivity contribution in [1.82, 2.24) is 0 Å². The smallest absolute Gasteiger partial charge is 0.279 e. The van der Waals surface area contributed by atoms with Gasteiger partial charge in [0.15, 0.2) is 6.54 Å². The van der Waals surface area contributed by atoms with Crippen LogP contribution >= 0.6 is 0 Å². The molecule has 1 aliphatic rings. The number of amides is 1. The first kappa shape index (κ1) is 20.6. The molecule has 0 radical (unpaired) electrons. The van der Waals surface area contributed by atoms with Crippen LogP contribution in [0.15, 0.2) is 48.5 Å². The van der Waals surface area contributed by atoms with Crippen molar-refractivity contribution >= 4 is 11.6 Å². The van der Waals surface area contributed by atoms with Gasteiger partial charge >= 0.3 is 0 Å². The van der Waals surface area contributed by atoms with Crippen LogP contribution in [0.1, 0.15) is 62.1 Å². The monoisotopic (exact) mass is 379 g/mol. The number of benzene rings is 2. The van der Waals surface area contributed by atoms with E-state index >= 15 is 0 Å². The molecule has 1 fully saturated rings. The second kappa shape index (κ2) is 9.38. The van der Waals surface area contributed by atoms with E-state index in [0.29, 0.717) is 12.5 Å². The van der Waals surface area contributed by atoms with Gasteiger partial charge in [0, 0.05) is 11.3 Å². The van der Waals surface area contributed by atoms with Gasteiger partial charge in [0.05, 0.1) is 13.1 Å². The molecule has 0 aliphatic carbocycles. The van der Waals surface area contributed by atoms with Crippen LogP contribution in [0.3, 0.4) is 0 Å². The lowest BCUT2D eigenvalue weighted by molar-refractivity contribution is -0.932. The largest absolute Gasteiger partial charge is 0.321 e.